The van der Waals surface area contributed by atoms with E-state index in [1.807, 2.05) is 43.1 Å². The molecule has 2 aromatic rings. The number of aromatic nitrogens is 2. The van der Waals surface area contributed by atoms with Crippen LogP contribution >= 0.6 is 0 Å². The fraction of sp³-hybridized carbons (Fsp3) is 0.375. The predicted molar refractivity (Wildman–Crippen MR) is 83.8 cm³/mol. The Kier molecular flexibility index (Phi) is 4.23. The van der Waals surface area contributed by atoms with Crippen LogP contribution in [-0.4, -0.2) is 17.0 Å². The summed E-state index contributed by atoms with van der Waals surface area (Å²) < 4.78 is 0. The maximum atomic E-state index is 5.81. The van der Waals surface area contributed by atoms with Crippen LogP contribution in [0.1, 0.15) is 36.7 Å². The first-order chi connectivity index (χ1) is 9.45. The minimum Gasteiger partial charge on any atom is -0.399 e. The van der Waals surface area contributed by atoms with Gasteiger partial charge in [-0.25, -0.2) is 9.97 Å². The third-order valence-corrected chi connectivity index (χ3v) is 3.17. The fourth-order valence-electron chi connectivity index (χ4n) is 2.08. The summed E-state index contributed by atoms with van der Waals surface area (Å²) in [7, 11) is 2.00. The number of benzene rings is 1. The van der Waals surface area contributed by atoms with Crippen molar-refractivity contribution in [3.8, 4) is 0 Å². The van der Waals surface area contributed by atoms with Gasteiger partial charge in [0.05, 0.1) is 0 Å². The number of rotatable bonds is 4. The van der Waals surface area contributed by atoms with Crippen LogP contribution in [0.5, 0.6) is 0 Å². The van der Waals surface area contributed by atoms with Crippen molar-refractivity contribution < 1.29 is 0 Å². The van der Waals surface area contributed by atoms with Gasteiger partial charge in [0.15, 0.2) is 0 Å². The second-order valence-electron chi connectivity index (χ2n) is 5.49. The third kappa shape index (κ3) is 3.47. The van der Waals surface area contributed by atoms with Crippen molar-refractivity contribution in [2.75, 3.05) is 17.7 Å². The van der Waals surface area contributed by atoms with Crippen molar-refractivity contribution in [3.63, 3.8) is 0 Å². The molecule has 0 amide bonds. The van der Waals surface area contributed by atoms with Gasteiger partial charge < -0.3 is 10.6 Å². The van der Waals surface area contributed by atoms with Crippen LogP contribution in [-0.2, 0) is 6.54 Å². The maximum Gasteiger partial charge on any atom is 0.225 e. The summed E-state index contributed by atoms with van der Waals surface area (Å²) in [4.78, 5) is 11.2. The number of nitrogen functional groups attached to an aromatic ring is 1. The zero-order valence-corrected chi connectivity index (χ0v) is 12.6. The second kappa shape index (κ2) is 5.90. The standard InChI is InChI=1S/C16H22N4/c1-11(2)15-8-12(3)18-16(19-15)20(4)10-13-6-5-7-14(17)9-13/h5-9,11H,10,17H2,1-4H3. The molecular weight excluding hydrogens is 248 g/mol. The lowest BCUT2D eigenvalue weighted by Gasteiger charge is -2.19. The van der Waals surface area contributed by atoms with E-state index in [0.717, 1.165) is 35.1 Å². The van der Waals surface area contributed by atoms with Crippen LogP contribution in [0, 0.1) is 6.92 Å². The fourth-order valence-corrected chi connectivity index (χ4v) is 2.08. The Morgan fingerprint density at radius 3 is 2.60 bits per heavy atom. The number of nitrogens with two attached hydrogens (primary N) is 1. The van der Waals surface area contributed by atoms with Gasteiger partial charge >= 0.3 is 0 Å². The molecule has 4 heteroatoms. The van der Waals surface area contributed by atoms with E-state index in [1.54, 1.807) is 0 Å². The Morgan fingerprint density at radius 1 is 1.20 bits per heavy atom. The minimum atomic E-state index is 0.399. The highest BCUT2D eigenvalue weighted by atomic mass is 15.2. The molecule has 4 nitrogen and oxygen atoms in total. The lowest BCUT2D eigenvalue weighted by Crippen LogP contribution is -2.20. The number of nitrogens with zero attached hydrogens (tertiary/aromatic N) is 3. The Labute approximate surface area is 120 Å². The molecule has 20 heavy (non-hydrogen) atoms. The van der Waals surface area contributed by atoms with Gasteiger partial charge in [0.2, 0.25) is 5.95 Å². The molecule has 1 heterocycles. The van der Waals surface area contributed by atoms with Gasteiger partial charge in [0.25, 0.3) is 0 Å². The van der Waals surface area contributed by atoms with Gasteiger partial charge in [0.1, 0.15) is 0 Å². The number of hydrogen-bond donors (Lipinski definition) is 1. The molecule has 106 valence electrons. The van der Waals surface area contributed by atoms with Crippen molar-refractivity contribution in [1.29, 1.82) is 0 Å². The van der Waals surface area contributed by atoms with Crippen LogP contribution < -0.4 is 10.6 Å². The largest absolute Gasteiger partial charge is 0.399 e. The molecular formula is C16H22N4. The summed E-state index contributed by atoms with van der Waals surface area (Å²) in [5.74, 6) is 1.16. The highest BCUT2D eigenvalue weighted by Crippen LogP contribution is 2.18. The Morgan fingerprint density at radius 2 is 1.95 bits per heavy atom. The molecule has 0 spiro atoms. The van der Waals surface area contributed by atoms with E-state index in [-0.39, 0.29) is 0 Å². The summed E-state index contributed by atoms with van der Waals surface area (Å²) in [6.07, 6.45) is 0. The van der Waals surface area contributed by atoms with E-state index in [0.29, 0.717) is 5.92 Å². The number of aryl methyl sites for hydroxylation is 1. The zero-order chi connectivity index (χ0) is 14.7. The first kappa shape index (κ1) is 14.3. The van der Waals surface area contributed by atoms with Crippen LogP contribution in [0.15, 0.2) is 30.3 Å². The SMILES string of the molecule is Cc1cc(C(C)C)nc(N(C)Cc2cccc(N)c2)n1. The summed E-state index contributed by atoms with van der Waals surface area (Å²) in [6, 6.07) is 9.95. The Bertz CT molecular complexity index is 593. The van der Waals surface area contributed by atoms with Gasteiger partial charge in [-0.1, -0.05) is 26.0 Å². The Balaban J connectivity index is 2.22. The molecule has 1 aromatic carbocycles. The van der Waals surface area contributed by atoms with Crippen molar-refractivity contribution in [1.82, 2.24) is 9.97 Å². The molecule has 0 aliphatic heterocycles. The predicted octanol–water partition coefficient (Wildman–Crippen LogP) is 3.13. The lowest BCUT2D eigenvalue weighted by molar-refractivity contribution is 0.783. The second-order valence-corrected chi connectivity index (χ2v) is 5.49. The molecule has 0 atom stereocenters. The normalized spacial score (nSPS) is 10.8. The van der Waals surface area contributed by atoms with Crippen molar-refractivity contribution in [3.05, 3.63) is 47.3 Å². The van der Waals surface area contributed by atoms with Crippen LogP contribution in [0.4, 0.5) is 11.6 Å². The molecule has 0 aliphatic carbocycles. The van der Waals surface area contributed by atoms with Crippen molar-refractivity contribution in [2.24, 2.45) is 0 Å². The van der Waals surface area contributed by atoms with Gasteiger partial charge in [-0.05, 0) is 36.6 Å². The van der Waals surface area contributed by atoms with Gasteiger partial charge in [-0.3, -0.25) is 0 Å². The molecule has 0 saturated carbocycles. The molecule has 2 rings (SSSR count). The molecule has 0 aliphatic rings. The first-order valence-corrected chi connectivity index (χ1v) is 6.87. The lowest BCUT2D eigenvalue weighted by atomic mass is 10.1. The van der Waals surface area contributed by atoms with E-state index < -0.39 is 0 Å². The molecule has 0 unspecified atom stereocenters. The zero-order valence-electron chi connectivity index (χ0n) is 12.6. The van der Waals surface area contributed by atoms with Crippen LogP contribution in [0.3, 0.4) is 0 Å². The maximum absolute atomic E-state index is 5.81. The van der Waals surface area contributed by atoms with E-state index in [2.05, 4.69) is 29.9 Å². The summed E-state index contributed by atoms with van der Waals surface area (Å²) >= 11 is 0. The molecule has 2 N–H and O–H groups in total. The van der Waals surface area contributed by atoms with E-state index >= 15 is 0 Å². The monoisotopic (exact) mass is 270 g/mol. The van der Waals surface area contributed by atoms with Gasteiger partial charge in [0, 0.05) is 30.7 Å². The summed E-state index contributed by atoms with van der Waals surface area (Å²) in [5, 5.41) is 0. The highest BCUT2D eigenvalue weighted by Gasteiger charge is 2.10. The number of hydrogen-bond acceptors (Lipinski definition) is 4. The van der Waals surface area contributed by atoms with Crippen molar-refractivity contribution >= 4 is 11.6 Å². The molecule has 1 aromatic heterocycles. The average Bonchev–Trinajstić information content (AvgIpc) is 2.37. The molecule has 0 saturated heterocycles. The molecule has 0 bridgehead atoms. The summed E-state index contributed by atoms with van der Waals surface area (Å²) in [5.41, 5.74) is 9.82. The summed E-state index contributed by atoms with van der Waals surface area (Å²) in [6.45, 7) is 7.03. The van der Waals surface area contributed by atoms with E-state index in [4.69, 9.17) is 5.73 Å². The average molecular weight is 270 g/mol. The van der Waals surface area contributed by atoms with Gasteiger partial charge in [-0.15, -0.1) is 0 Å². The Hall–Kier alpha value is -2.10. The van der Waals surface area contributed by atoms with Gasteiger partial charge in [-0.2, -0.15) is 0 Å². The smallest absolute Gasteiger partial charge is 0.225 e. The highest BCUT2D eigenvalue weighted by molar-refractivity contribution is 5.42. The topological polar surface area (TPSA) is 55.0 Å². The van der Waals surface area contributed by atoms with E-state index in [1.165, 1.54) is 0 Å². The third-order valence-electron chi connectivity index (χ3n) is 3.17. The van der Waals surface area contributed by atoms with E-state index in [9.17, 15) is 0 Å². The molecule has 0 fully saturated rings. The molecule has 0 radical (unpaired) electrons. The van der Waals surface area contributed by atoms with Crippen LogP contribution in [0.25, 0.3) is 0 Å². The number of anilines is 2. The van der Waals surface area contributed by atoms with Crippen molar-refractivity contribution in [2.45, 2.75) is 33.2 Å². The first-order valence-electron chi connectivity index (χ1n) is 6.87. The minimum absolute atomic E-state index is 0.399. The van der Waals surface area contributed by atoms with Crippen LogP contribution in [0.2, 0.25) is 0 Å². The quantitative estimate of drug-likeness (QED) is 0.867.